The summed E-state index contributed by atoms with van der Waals surface area (Å²) in [4.78, 5) is 8.01. The normalized spacial score (nSPS) is 21.3. The van der Waals surface area contributed by atoms with Crippen molar-refractivity contribution in [2.24, 2.45) is 10.9 Å². The first-order valence-corrected chi connectivity index (χ1v) is 10.1. The number of aliphatic imine (C=N–C) groups is 1. The van der Waals surface area contributed by atoms with Gasteiger partial charge in [-0.2, -0.15) is 0 Å². The summed E-state index contributed by atoms with van der Waals surface area (Å²) in [6, 6.07) is 8.16. The van der Waals surface area contributed by atoms with Gasteiger partial charge in [0.2, 0.25) is 0 Å². The molecule has 1 aliphatic rings. The summed E-state index contributed by atoms with van der Waals surface area (Å²) in [6.07, 6.45) is 2.32. The summed E-state index contributed by atoms with van der Waals surface area (Å²) in [5, 5.41) is 8.55. The minimum atomic E-state index is -0.444. The Morgan fingerprint density at radius 2 is 2.15 bits per heavy atom. The Labute approximate surface area is 163 Å². The number of rotatable bonds is 5. The zero-order valence-electron chi connectivity index (χ0n) is 15.7. The van der Waals surface area contributed by atoms with Crippen molar-refractivity contribution in [3.8, 4) is 0 Å². The van der Waals surface area contributed by atoms with E-state index in [1.54, 1.807) is 18.4 Å². The number of likely N-dealkylation sites (tertiary alicyclic amines) is 1. The fraction of sp³-hybridized carbons (Fsp3) is 0.450. The predicted molar refractivity (Wildman–Crippen MR) is 107 cm³/mol. The number of thiophene rings is 1. The molecule has 0 spiro atoms. The van der Waals surface area contributed by atoms with Crippen LogP contribution in [0.15, 0.2) is 40.7 Å². The minimum absolute atomic E-state index is 0.183. The highest BCUT2D eigenvalue weighted by Crippen LogP contribution is 2.36. The molecule has 3 rings (SSSR count). The van der Waals surface area contributed by atoms with Gasteiger partial charge in [0.1, 0.15) is 11.6 Å². The largest absolute Gasteiger partial charge is 0.356 e. The molecule has 0 bridgehead atoms. The Morgan fingerprint density at radius 3 is 2.89 bits per heavy atom. The van der Waals surface area contributed by atoms with Crippen LogP contribution in [0.2, 0.25) is 0 Å². The molecule has 2 heterocycles. The molecule has 2 unspecified atom stereocenters. The van der Waals surface area contributed by atoms with Crippen LogP contribution in [0.1, 0.15) is 29.3 Å². The molecule has 0 saturated carbocycles. The molecule has 1 saturated heterocycles. The first-order valence-electron chi connectivity index (χ1n) is 9.20. The maximum atomic E-state index is 13.8. The maximum Gasteiger partial charge on any atom is 0.191 e. The smallest absolute Gasteiger partial charge is 0.191 e. The van der Waals surface area contributed by atoms with E-state index in [1.165, 1.54) is 17.4 Å². The Hall–Kier alpha value is -1.99. The molecule has 0 radical (unpaired) electrons. The topological polar surface area (TPSA) is 39.7 Å². The lowest BCUT2D eigenvalue weighted by atomic mass is 9.88. The van der Waals surface area contributed by atoms with Gasteiger partial charge in [-0.1, -0.05) is 6.07 Å². The van der Waals surface area contributed by atoms with Gasteiger partial charge in [-0.25, -0.2) is 8.78 Å². The van der Waals surface area contributed by atoms with E-state index in [0.29, 0.717) is 17.9 Å². The summed E-state index contributed by atoms with van der Waals surface area (Å²) in [6.45, 7) is 2.06. The summed E-state index contributed by atoms with van der Waals surface area (Å²) in [5.74, 6) is 0.190. The first kappa shape index (κ1) is 19.8. The summed E-state index contributed by atoms with van der Waals surface area (Å²) in [7, 11) is 3.86. The SMILES string of the molecule is CN=C(NCc1cc(F)ccc1F)NCC1CCCN(C)C1c1cccs1. The summed E-state index contributed by atoms with van der Waals surface area (Å²) < 4.78 is 27.1. The zero-order chi connectivity index (χ0) is 19.2. The van der Waals surface area contributed by atoms with Gasteiger partial charge in [0.25, 0.3) is 0 Å². The van der Waals surface area contributed by atoms with Crippen molar-refractivity contribution in [3.05, 3.63) is 57.8 Å². The highest BCUT2D eigenvalue weighted by molar-refractivity contribution is 7.10. The van der Waals surface area contributed by atoms with Crippen LogP contribution in [0.3, 0.4) is 0 Å². The van der Waals surface area contributed by atoms with E-state index in [1.807, 2.05) is 0 Å². The molecular weight excluding hydrogens is 366 g/mol. The number of nitrogens with one attached hydrogen (secondary N) is 2. The molecule has 1 aromatic carbocycles. The standard InChI is InChI=1S/C20H26F2N4S/c1-23-20(25-13-15-11-16(21)7-8-17(15)22)24-12-14-5-3-9-26(2)19(14)18-6-4-10-27-18/h4,6-8,10-11,14,19H,3,5,9,12-13H2,1-2H3,(H2,23,24,25). The van der Waals surface area contributed by atoms with E-state index in [2.05, 4.69) is 45.1 Å². The van der Waals surface area contributed by atoms with Gasteiger partial charge in [-0.05, 0) is 62.0 Å². The Kier molecular flexibility index (Phi) is 6.79. The van der Waals surface area contributed by atoms with Crippen molar-refractivity contribution in [1.29, 1.82) is 0 Å². The molecule has 2 aromatic rings. The number of halogens is 2. The maximum absolute atomic E-state index is 13.8. The van der Waals surface area contributed by atoms with Gasteiger partial charge in [0, 0.05) is 36.6 Å². The Balaban J connectivity index is 1.59. The molecule has 27 heavy (non-hydrogen) atoms. The fourth-order valence-corrected chi connectivity index (χ4v) is 4.67. The van der Waals surface area contributed by atoms with Crippen LogP contribution in [0.4, 0.5) is 8.78 Å². The fourth-order valence-electron chi connectivity index (χ4n) is 3.69. The van der Waals surface area contributed by atoms with Gasteiger partial charge >= 0.3 is 0 Å². The molecule has 7 heteroatoms. The Bertz CT molecular complexity index is 763. The minimum Gasteiger partial charge on any atom is -0.356 e. The number of benzene rings is 1. The second-order valence-corrected chi connectivity index (χ2v) is 7.86. The quantitative estimate of drug-likeness (QED) is 0.601. The van der Waals surface area contributed by atoms with Crippen LogP contribution in [0.5, 0.6) is 0 Å². The van der Waals surface area contributed by atoms with Crippen molar-refractivity contribution >= 4 is 17.3 Å². The summed E-state index contributed by atoms with van der Waals surface area (Å²) >= 11 is 1.79. The second kappa shape index (κ2) is 9.28. The summed E-state index contributed by atoms with van der Waals surface area (Å²) in [5.41, 5.74) is 0.284. The van der Waals surface area contributed by atoms with E-state index < -0.39 is 11.6 Å². The van der Waals surface area contributed by atoms with Crippen molar-refractivity contribution in [1.82, 2.24) is 15.5 Å². The molecule has 0 amide bonds. The highest BCUT2D eigenvalue weighted by Gasteiger charge is 2.31. The molecule has 1 aromatic heterocycles. The van der Waals surface area contributed by atoms with E-state index in [9.17, 15) is 8.78 Å². The van der Waals surface area contributed by atoms with Crippen LogP contribution in [-0.4, -0.2) is 38.0 Å². The number of piperidine rings is 1. The predicted octanol–water partition coefficient (Wildman–Crippen LogP) is 3.77. The molecule has 146 valence electrons. The van der Waals surface area contributed by atoms with Crippen LogP contribution >= 0.6 is 11.3 Å². The van der Waals surface area contributed by atoms with Crippen molar-refractivity contribution in [2.45, 2.75) is 25.4 Å². The van der Waals surface area contributed by atoms with Crippen LogP contribution in [0.25, 0.3) is 0 Å². The third kappa shape index (κ3) is 5.05. The third-order valence-corrected chi connectivity index (χ3v) is 5.99. The lowest BCUT2D eigenvalue weighted by Crippen LogP contribution is -2.44. The monoisotopic (exact) mass is 392 g/mol. The van der Waals surface area contributed by atoms with Gasteiger partial charge in [0.15, 0.2) is 5.96 Å². The average molecular weight is 393 g/mol. The van der Waals surface area contributed by atoms with Gasteiger partial charge in [-0.3, -0.25) is 9.89 Å². The average Bonchev–Trinajstić information content (AvgIpc) is 3.18. The molecule has 4 nitrogen and oxygen atoms in total. The van der Waals surface area contributed by atoms with Crippen molar-refractivity contribution in [2.75, 3.05) is 27.2 Å². The van der Waals surface area contributed by atoms with E-state index in [4.69, 9.17) is 0 Å². The van der Waals surface area contributed by atoms with Gasteiger partial charge in [-0.15, -0.1) is 11.3 Å². The van der Waals surface area contributed by atoms with E-state index in [-0.39, 0.29) is 12.1 Å². The molecular formula is C20H26F2N4S. The molecule has 0 aliphatic carbocycles. The number of guanidine groups is 1. The lowest BCUT2D eigenvalue weighted by Gasteiger charge is -2.39. The molecule has 1 aliphatic heterocycles. The highest BCUT2D eigenvalue weighted by atomic mass is 32.1. The number of nitrogens with zero attached hydrogens (tertiary/aromatic N) is 2. The van der Waals surface area contributed by atoms with E-state index in [0.717, 1.165) is 31.6 Å². The second-order valence-electron chi connectivity index (χ2n) is 6.89. The van der Waals surface area contributed by atoms with Gasteiger partial charge in [0.05, 0.1) is 0 Å². The van der Waals surface area contributed by atoms with Crippen molar-refractivity contribution < 1.29 is 8.78 Å². The zero-order valence-corrected chi connectivity index (χ0v) is 16.5. The molecule has 2 N–H and O–H groups in total. The lowest BCUT2D eigenvalue weighted by molar-refractivity contribution is 0.125. The first-order chi connectivity index (χ1) is 13.1. The number of hydrogen-bond donors (Lipinski definition) is 2. The van der Waals surface area contributed by atoms with Gasteiger partial charge < -0.3 is 10.6 Å². The van der Waals surface area contributed by atoms with E-state index >= 15 is 0 Å². The van der Waals surface area contributed by atoms with Crippen LogP contribution < -0.4 is 10.6 Å². The number of hydrogen-bond acceptors (Lipinski definition) is 3. The Morgan fingerprint density at radius 1 is 1.30 bits per heavy atom. The third-order valence-electron chi connectivity index (χ3n) is 5.05. The molecule has 2 atom stereocenters. The molecule has 1 fully saturated rings. The van der Waals surface area contributed by atoms with Crippen LogP contribution in [0, 0.1) is 17.6 Å². The van der Waals surface area contributed by atoms with Crippen LogP contribution in [-0.2, 0) is 6.54 Å². The van der Waals surface area contributed by atoms with Crippen molar-refractivity contribution in [3.63, 3.8) is 0 Å².